The Morgan fingerprint density at radius 3 is 2.91 bits per heavy atom. The van der Waals surface area contributed by atoms with Crippen molar-refractivity contribution < 1.29 is 4.79 Å². The van der Waals surface area contributed by atoms with Crippen LogP contribution in [0.3, 0.4) is 0 Å². The molecule has 0 aliphatic heterocycles. The molecule has 2 rings (SSSR count). The first-order valence-corrected chi connectivity index (χ1v) is 7.71. The van der Waals surface area contributed by atoms with Crippen LogP contribution < -0.4 is 5.32 Å². The van der Waals surface area contributed by atoms with Crippen LogP contribution in [0.25, 0.3) is 0 Å². The summed E-state index contributed by atoms with van der Waals surface area (Å²) in [5, 5.41) is 12.0. The van der Waals surface area contributed by atoms with E-state index in [2.05, 4.69) is 10.3 Å². The molecule has 1 saturated carbocycles. The molecule has 0 unspecified atom stereocenters. The SMILES string of the molecule is CN(/C=C(/C#N)C(=O)NCc1cccnc1)C1CCCCC1. The number of nitriles is 1. The number of nitrogens with zero attached hydrogens (tertiary/aromatic N) is 3. The lowest BCUT2D eigenvalue weighted by Crippen LogP contribution is -2.31. The van der Waals surface area contributed by atoms with Crippen LogP contribution in [0.1, 0.15) is 37.7 Å². The van der Waals surface area contributed by atoms with Gasteiger partial charge in [0.15, 0.2) is 0 Å². The summed E-state index contributed by atoms with van der Waals surface area (Å²) in [6.07, 6.45) is 11.0. The normalized spacial score (nSPS) is 15.9. The van der Waals surface area contributed by atoms with Crippen molar-refractivity contribution in [3.63, 3.8) is 0 Å². The Labute approximate surface area is 131 Å². The molecule has 0 aromatic carbocycles. The minimum atomic E-state index is -0.339. The second-order valence-corrected chi connectivity index (χ2v) is 5.66. The van der Waals surface area contributed by atoms with E-state index in [9.17, 15) is 10.1 Å². The maximum Gasteiger partial charge on any atom is 0.263 e. The number of pyridine rings is 1. The van der Waals surface area contributed by atoms with E-state index in [1.54, 1.807) is 18.6 Å². The molecule has 1 aliphatic rings. The zero-order chi connectivity index (χ0) is 15.8. The molecule has 0 bridgehead atoms. The van der Waals surface area contributed by atoms with Gasteiger partial charge in [0.2, 0.25) is 0 Å². The van der Waals surface area contributed by atoms with Crippen LogP contribution >= 0.6 is 0 Å². The predicted octanol–water partition coefficient (Wildman–Crippen LogP) is 2.37. The first-order chi connectivity index (χ1) is 10.7. The quantitative estimate of drug-likeness (QED) is 0.669. The summed E-state index contributed by atoms with van der Waals surface area (Å²) >= 11 is 0. The van der Waals surface area contributed by atoms with E-state index in [4.69, 9.17) is 0 Å². The Morgan fingerprint density at radius 1 is 1.50 bits per heavy atom. The van der Waals surface area contributed by atoms with Gasteiger partial charge < -0.3 is 10.2 Å². The van der Waals surface area contributed by atoms with Crippen molar-refractivity contribution in [1.29, 1.82) is 5.26 Å². The van der Waals surface area contributed by atoms with Gasteiger partial charge in [-0.05, 0) is 24.5 Å². The van der Waals surface area contributed by atoms with E-state index in [1.807, 2.05) is 30.1 Å². The van der Waals surface area contributed by atoms with Crippen LogP contribution in [0.5, 0.6) is 0 Å². The molecule has 1 fully saturated rings. The van der Waals surface area contributed by atoms with Gasteiger partial charge >= 0.3 is 0 Å². The van der Waals surface area contributed by atoms with E-state index in [1.165, 1.54) is 19.3 Å². The van der Waals surface area contributed by atoms with Gasteiger partial charge in [-0.1, -0.05) is 25.3 Å². The maximum absolute atomic E-state index is 12.1. The van der Waals surface area contributed by atoms with Crippen LogP contribution in [0.2, 0.25) is 0 Å². The largest absolute Gasteiger partial charge is 0.376 e. The summed E-state index contributed by atoms with van der Waals surface area (Å²) < 4.78 is 0. The number of aromatic nitrogens is 1. The fourth-order valence-corrected chi connectivity index (χ4v) is 2.72. The van der Waals surface area contributed by atoms with E-state index in [0.717, 1.165) is 18.4 Å². The summed E-state index contributed by atoms with van der Waals surface area (Å²) in [4.78, 5) is 18.1. The van der Waals surface area contributed by atoms with Crippen molar-refractivity contribution in [3.8, 4) is 6.07 Å². The number of carbonyl (C=O) groups excluding carboxylic acids is 1. The van der Waals surface area contributed by atoms with Gasteiger partial charge in [-0.15, -0.1) is 0 Å². The summed E-state index contributed by atoms with van der Waals surface area (Å²) in [7, 11) is 1.95. The average molecular weight is 298 g/mol. The van der Waals surface area contributed by atoms with Gasteiger partial charge in [0.25, 0.3) is 5.91 Å². The zero-order valence-corrected chi connectivity index (χ0v) is 13.0. The van der Waals surface area contributed by atoms with Crippen LogP contribution in [-0.4, -0.2) is 28.9 Å². The zero-order valence-electron chi connectivity index (χ0n) is 13.0. The van der Waals surface area contributed by atoms with Gasteiger partial charge in [0.1, 0.15) is 11.6 Å². The van der Waals surface area contributed by atoms with Crippen molar-refractivity contribution in [1.82, 2.24) is 15.2 Å². The second-order valence-electron chi connectivity index (χ2n) is 5.66. The summed E-state index contributed by atoms with van der Waals surface area (Å²) in [6.45, 7) is 0.374. The smallest absolute Gasteiger partial charge is 0.263 e. The fraction of sp³-hybridized carbons (Fsp3) is 0.471. The number of hydrogen-bond donors (Lipinski definition) is 1. The van der Waals surface area contributed by atoms with Crippen molar-refractivity contribution in [2.45, 2.75) is 44.7 Å². The average Bonchev–Trinajstić information content (AvgIpc) is 2.59. The fourth-order valence-electron chi connectivity index (χ4n) is 2.72. The molecule has 116 valence electrons. The highest BCUT2D eigenvalue weighted by molar-refractivity contribution is 5.97. The minimum Gasteiger partial charge on any atom is -0.376 e. The first-order valence-electron chi connectivity index (χ1n) is 7.71. The van der Waals surface area contributed by atoms with Crippen molar-refractivity contribution in [2.24, 2.45) is 0 Å². The summed E-state index contributed by atoms with van der Waals surface area (Å²) in [6, 6.07) is 6.14. The molecule has 1 N–H and O–H groups in total. The molecule has 5 nitrogen and oxygen atoms in total. The Bertz CT molecular complexity index is 556. The summed E-state index contributed by atoms with van der Waals surface area (Å²) in [5.74, 6) is -0.339. The molecule has 1 aromatic rings. The van der Waals surface area contributed by atoms with Gasteiger partial charge in [-0.2, -0.15) is 5.26 Å². The number of hydrogen-bond acceptors (Lipinski definition) is 4. The Hall–Kier alpha value is -2.35. The third-order valence-corrected chi connectivity index (χ3v) is 4.02. The molecular formula is C17H22N4O. The van der Waals surface area contributed by atoms with E-state index < -0.39 is 0 Å². The molecule has 0 radical (unpaired) electrons. The van der Waals surface area contributed by atoms with Crippen LogP contribution in [0.15, 0.2) is 36.3 Å². The molecule has 1 aromatic heterocycles. The molecule has 22 heavy (non-hydrogen) atoms. The van der Waals surface area contributed by atoms with Crippen LogP contribution in [-0.2, 0) is 11.3 Å². The molecule has 1 aliphatic carbocycles. The number of carbonyl (C=O) groups is 1. The lowest BCUT2D eigenvalue weighted by Gasteiger charge is -2.30. The van der Waals surface area contributed by atoms with E-state index >= 15 is 0 Å². The molecule has 5 heteroatoms. The van der Waals surface area contributed by atoms with Crippen molar-refractivity contribution in [3.05, 3.63) is 41.9 Å². The number of nitrogens with one attached hydrogen (secondary N) is 1. The standard InChI is InChI=1S/C17H22N4O/c1-21(16-7-3-2-4-8-16)13-15(10-18)17(22)20-12-14-6-5-9-19-11-14/h5-6,9,11,13,16H,2-4,7-8,12H2,1H3,(H,20,22)/b15-13-. The van der Waals surface area contributed by atoms with E-state index in [0.29, 0.717) is 12.6 Å². The predicted molar refractivity (Wildman–Crippen MR) is 84.4 cm³/mol. The topological polar surface area (TPSA) is 69.0 Å². The molecule has 1 amide bonds. The molecule has 0 spiro atoms. The monoisotopic (exact) mass is 298 g/mol. The Kier molecular flexibility index (Phi) is 5.96. The van der Waals surface area contributed by atoms with E-state index in [-0.39, 0.29) is 11.5 Å². The van der Waals surface area contributed by atoms with Gasteiger partial charge in [-0.25, -0.2) is 0 Å². The lowest BCUT2D eigenvalue weighted by atomic mass is 9.94. The van der Waals surface area contributed by atoms with Crippen LogP contribution in [0, 0.1) is 11.3 Å². The molecule has 1 heterocycles. The number of rotatable bonds is 5. The Balaban J connectivity index is 1.93. The molecule has 0 atom stereocenters. The van der Waals surface area contributed by atoms with Crippen LogP contribution in [0.4, 0.5) is 0 Å². The highest BCUT2D eigenvalue weighted by atomic mass is 16.1. The molecule has 0 saturated heterocycles. The van der Waals surface area contributed by atoms with Gasteiger partial charge in [-0.3, -0.25) is 9.78 Å². The second kappa shape index (κ2) is 8.18. The highest BCUT2D eigenvalue weighted by Gasteiger charge is 2.18. The highest BCUT2D eigenvalue weighted by Crippen LogP contribution is 2.22. The Morgan fingerprint density at radius 2 is 2.27 bits per heavy atom. The van der Waals surface area contributed by atoms with Gasteiger partial charge in [0, 0.05) is 38.2 Å². The maximum atomic E-state index is 12.1. The summed E-state index contributed by atoms with van der Waals surface area (Å²) in [5.41, 5.74) is 1.06. The third-order valence-electron chi connectivity index (χ3n) is 4.02. The van der Waals surface area contributed by atoms with Crippen molar-refractivity contribution >= 4 is 5.91 Å². The minimum absolute atomic E-state index is 0.150. The first kappa shape index (κ1) is 16.0. The van der Waals surface area contributed by atoms with Gasteiger partial charge in [0.05, 0.1) is 0 Å². The molecular weight excluding hydrogens is 276 g/mol. The third kappa shape index (κ3) is 4.59. The lowest BCUT2D eigenvalue weighted by molar-refractivity contribution is -0.117. The number of amides is 1. The van der Waals surface area contributed by atoms with Crippen molar-refractivity contribution in [2.75, 3.05) is 7.05 Å².